The maximum atomic E-state index is 12.7. The molecule has 0 saturated carbocycles. The van der Waals surface area contributed by atoms with Gasteiger partial charge < -0.3 is 10.4 Å². The van der Waals surface area contributed by atoms with Gasteiger partial charge in [-0.3, -0.25) is 29.4 Å². The average molecular weight is 488 g/mol. The minimum absolute atomic E-state index is 0.0742. The molecule has 1 aliphatic rings. The monoisotopic (exact) mass is 487 g/mol. The summed E-state index contributed by atoms with van der Waals surface area (Å²) < 4.78 is 0. The second-order valence-electron chi connectivity index (χ2n) is 6.92. The summed E-state index contributed by atoms with van der Waals surface area (Å²) in [5.74, 6) is -0.837. The van der Waals surface area contributed by atoms with Crippen LogP contribution in [0.25, 0.3) is 6.08 Å². The molecule has 0 radical (unpaired) electrons. The number of nitrogens with one attached hydrogen (secondary N) is 1. The molecule has 0 bridgehead atoms. The van der Waals surface area contributed by atoms with Gasteiger partial charge in [-0.05, 0) is 53.6 Å². The van der Waals surface area contributed by atoms with E-state index in [1.165, 1.54) is 18.2 Å². The molecule has 1 aliphatic heterocycles. The number of aliphatic hydroxyl groups excluding tert-OH is 1. The van der Waals surface area contributed by atoms with Gasteiger partial charge in [0.1, 0.15) is 6.54 Å². The van der Waals surface area contributed by atoms with Crippen molar-refractivity contribution in [1.82, 2.24) is 4.90 Å². The van der Waals surface area contributed by atoms with Crippen LogP contribution in [0.3, 0.4) is 0 Å². The topological polar surface area (TPSA) is 130 Å². The highest BCUT2D eigenvalue weighted by Gasteiger charge is 2.36. The second-order valence-corrected chi connectivity index (χ2v) is 9.05. The highest BCUT2D eigenvalue weighted by molar-refractivity contribution is 8.18. The van der Waals surface area contributed by atoms with Crippen LogP contribution in [0.5, 0.6) is 0 Å². The standard InChI is InChI=1S/C22H21N3O6S2/c1-2-14-3-6-16(7-4-14)23-20(27)13-24-21(28)19(33-22(24)29)12-15-5-8-18(32-10-9-26)17(11-15)25(30)31/h3-8,11-12,26H,2,9-10,13H2,1H3,(H,23,27)/b19-12-. The van der Waals surface area contributed by atoms with Crippen molar-refractivity contribution in [2.75, 3.05) is 24.2 Å². The molecule has 1 heterocycles. The van der Waals surface area contributed by atoms with E-state index in [1.807, 2.05) is 19.1 Å². The molecule has 3 rings (SSSR count). The third-order valence-corrected chi connectivity index (χ3v) is 6.60. The number of thioether (sulfide) groups is 2. The fraction of sp³-hybridized carbons (Fsp3) is 0.227. The maximum absolute atomic E-state index is 12.7. The number of anilines is 1. The Morgan fingerprint density at radius 2 is 1.97 bits per heavy atom. The van der Waals surface area contributed by atoms with Gasteiger partial charge in [0.05, 0.1) is 21.3 Å². The van der Waals surface area contributed by atoms with Crippen LogP contribution in [-0.4, -0.2) is 50.9 Å². The zero-order valence-corrected chi connectivity index (χ0v) is 19.3. The number of aliphatic hydroxyl groups is 1. The Balaban J connectivity index is 1.71. The number of imide groups is 1. The summed E-state index contributed by atoms with van der Waals surface area (Å²) in [4.78, 5) is 49.5. The molecule has 2 aromatic rings. The molecule has 172 valence electrons. The predicted molar refractivity (Wildman–Crippen MR) is 128 cm³/mol. The van der Waals surface area contributed by atoms with Gasteiger partial charge in [-0.15, -0.1) is 11.8 Å². The number of hydrogen-bond donors (Lipinski definition) is 2. The van der Waals surface area contributed by atoms with E-state index in [1.54, 1.807) is 18.2 Å². The molecule has 0 aliphatic carbocycles. The summed E-state index contributed by atoms with van der Waals surface area (Å²) >= 11 is 1.82. The van der Waals surface area contributed by atoms with Crippen LogP contribution in [0.15, 0.2) is 52.3 Å². The first kappa shape index (κ1) is 24.5. The Kier molecular flexibility index (Phi) is 8.26. The van der Waals surface area contributed by atoms with Crippen LogP contribution in [0.2, 0.25) is 0 Å². The number of nitro benzene ring substituents is 1. The van der Waals surface area contributed by atoms with Gasteiger partial charge in [0.25, 0.3) is 16.8 Å². The van der Waals surface area contributed by atoms with Crippen molar-refractivity contribution in [2.24, 2.45) is 0 Å². The molecule has 0 unspecified atom stereocenters. The number of rotatable bonds is 9. The zero-order valence-electron chi connectivity index (χ0n) is 17.6. The smallest absolute Gasteiger partial charge is 0.294 e. The van der Waals surface area contributed by atoms with Crippen molar-refractivity contribution in [2.45, 2.75) is 18.2 Å². The number of amides is 3. The van der Waals surface area contributed by atoms with Crippen LogP contribution in [0.4, 0.5) is 16.2 Å². The Bertz CT molecular complexity index is 1120. The number of aryl methyl sites for hydroxylation is 1. The molecule has 0 spiro atoms. The van der Waals surface area contributed by atoms with Crippen LogP contribution >= 0.6 is 23.5 Å². The van der Waals surface area contributed by atoms with Gasteiger partial charge in [-0.1, -0.05) is 25.1 Å². The molecule has 9 nitrogen and oxygen atoms in total. The van der Waals surface area contributed by atoms with Gasteiger partial charge >= 0.3 is 0 Å². The van der Waals surface area contributed by atoms with Gasteiger partial charge in [0, 0.05) is 17.5 Å². The fourth-order valence-electron chi connectivity index (χ4n) is 3.00. The number of carbonyl (C=O) groups excluding carboxylic acids is 3. The van der Waals surface area contributed by atoms with E-state index in [0.717, 1.165) is 28.6 Å². The Morgan fingerprint density at radius 1 is 1.24 bits per heavy atom. The lowest BCUT2D eigenvalue weighted by Crippen LogP contribution is -2.36. The average Bonchev–Trinajstić information content (AvgIpc) is 3.05. The first-order chi connectivity index (χ1) is 15.8. The molecular formula is C22H21N3O6S2. The molecule has 0 atom stereocenters. The number of hydrogen-bond acceptors (Lipinski definition) is 8. The second kappa shape index (κ2) is 11.1. The SMILES string of the molecule is CCc1ccc(NC(=O)CN2C(=O)S/C(=C\c3ccc(SCCO)c([N+](=O)[O-])c3)C2=O)cc1. The summed E-state index contributed by atoms with van der Waals surface area (Å²) in [6, 6.07) is 11.7. The van der Waals surface area contributed by atoms with Crippen molar-refractivity contribution < 1.29 is 24.4 Å². The maximum Gasteiger partial charge on any atom is 0.294 e. The zero-order chi connectivity index (χ0) is 24.0. The van der Waals surface area contributed by atoms with Crippen LogP contribution in [-0.2, 0) is 16.0 Å². The highest BCUT2D eigenvalue weighted by atomic mass is 32.2. The number of nitrogens with zero attached hydrogens (tertiary/aromatic N) is 2. The lowest BCUT2D eigenvalue weighted by molar-refractivity contribution is -0.387. The van der Waals surface area contributed by atoms with Crippen molar-refractivity contribution in [1.29, 1.82) is 0 Å². The highest BCUT2D eigenvalue weighted by Crippen LogP contribution is 2.34. The number of nitro groups is 1. The van der Waals surface area contributed by atoms with Gasteiger partial charge in [0.2, 0.25) is 5.91 Å². The number of benzene rings is 2. The van der Waals surface area contributed by atoms with E-state index >= 15 is 0 Å². The van der Waals surface area contributed by atoms with Gasteiger partial charge in [-0.2, -0.15) is 0 Å². The minimum atomic E-state index is -0.636. The Labute approximate surface area is 198 Å². The van der Waals surface area contributed by atoms with E-state index in [9.17, 15) is 24.5 Å². The van der Waals surface area contributed by atoms with Gasteiger partial charge in [0.15, 0.2) is 0 Å². The summed E-state index contributed by atoms with van der Waals surface area (Å²) in [6.07, 6.45) is 2.25. The lowest BCUT2D eigenvalue weighted by Gasteiger charge is -2.12. The quantitative estimate of drug-likeness (QED) is 0.236. The molecule has 11 heteroatoms. The van der Waals surface area contributed by atoms with Crippen LogP contribution in [0, 0.1) is 10.1 Å². The molecule has 2 aromatic carbocycles. The summed E-state index contributed by atoms with van der Waals surface area (Å²) in [6.45, 7) is 1.46. The summed E-state index contributed by atoms with van der Waals surface area (Å²) in [7, 11) is 0. The first-order valence-corrected chi connectivity index (χ1v) is 11.8. The van der Waals surface area contributed by atoms with Crippen molar-refractivity contribution >= 4 is 58.0 Å². The number of carbonyl (C=O) groups is 3. The van der Waals surface area contributed by atoms with Crippen molar-refractivity contribution in [3.05, 3.63) is 68.6 Å². The third-order valence-electron chi connectivity index (χ3n) is 4.65. The lowest BCUT2D eigenvalue weighted by atomic mass is 10.1. The molecule has 1 saturated heterocycles. The van der Waals surface area contributed by atoms with Crippen LogP contribution < -0.4 is 5.32 Å². The van der Waals surface area contributed by atoms with E-state index in [2.05, 4.69) is 5.32 Å². The molecule has 2 N–H and O–H groups in total. The predicted octanol–water partition coefficient (Wildman–Crippen LogP) is 3.92. The summed E-state index contributed by atoms with van der Waals surface area (Å²) in [5.41, 5.74) is 1.89. The van der Waals surface area contributed by atoms with Crippen LogP contribution in [0.1, 0.15) is 18.1 Å². The largest absolute Gasteiger partial charge is 0.396 e. The van der Waals surface area contributed by atoms with Gasteiger partial charge in [-0.25, -0.2) is 0 Å². The van der Waals surface area contributed by atoms with E-state index in [0.29, 0.717) is 33.7 Å². The van der Waals surface area contributed by atoms with E-state index in [4.69, 9.17) is 5.11 Å². The van der Waals surface area contributed by atoms with E-state index < -0.39 is 28.5 Å². The normalized spacial score (nSPS) is 14.7. The molecule has 0 aromatic heterocycles. The summed E-state index contributed by atoms with van der Waals surface area (Å²) in [5, 5.41) is 22.4. The molecule has 33 heavy (non-hydrogen) atoms. The third kappa shape index (κ3) is 6.21. The molecular weight excluding hydrogens is 466 g/mol. The van der Waals surface area contributed by atoms with Crippen molar-refractivity contribution in [3.63, 3.8) is 0 Å². The fourth-order valence-corrected chi connectivity index (χ4v) is 4.60. The Hall–Kier alpha value is -3.15. The van der Waals surface area contributed by atoms with E-state index in [-0.39, 0.29) is 17.2 Å². The molecule has 3 amide bonds. The minimum Gasteiger partial charge on any atom is -0.396 e. The van der Waals surface area contributed by atoms with Crippen molar-refractivity contribution in [3.8, 4) is 0 Å². The Morgan fingerprint density at radius 3 is 2.61 bits per heavy atom. The first-order valence-electron chi connectivity index (χ1n) is 9.98. The molecule has 1 fully saturated rings.